The number of carbonyl (C=O) groups is 4. The number of amides is 2. The fourth-order valence-corrected chi connectivity index (χ4v) is 11.3. The molecule has 0 saturated carbocycles. The van der Waals surface area contributed by atoms with Gasteiger partial charge in [-0.15, -0.1) is 0 Å². The Hall–Kier alpha value is -3.78. The third-order valence-electron chi connectivity index (χ3n) is 9.80. The molecule has 2 aromatic rings. The standard InChI is InChI=1S/C44H68N2O10Si/c1-10-13-26-57(27-14-11-2,28-15-12-3)54-32-36-35(31-51-40(48)43(4,5)6)37(38(47)39(55-36)56-44(7,8)9)46(42(50)53-30-34-24-20-17-21-25-34)45-41(49)52-29-33-22-18-16-19-23-33/h16-25,35-37,39H,10-15,26-32H2,1-9H3,(H,45,49)/t35-,36-,37+,39-/m1/s1. The van der Waals surface area contributed by atoms with Gasteiger partial charge in [-0.3, -0.25) is 9.59 Å². The maximum absolute atomic E-state index is 14.7. The zero-order valence-electron chi connectivity index (χ0n) is 35.8. The second-order valence-corrected chi connectivity index (χ2v) is 21.1. The van der Waals surface area contributed by atoms with E-state index in [1.165, 1.54) is 0 Å². The van der Waals surface area contributed by atoms with Crippen LogP contribution in [-0.4, -0.2) is 74.5 Å². The third kappa shape index (κ3) is 15.8. The van der Waals surface area contributed by atoms with E-state index in [-0.39, 0.29) is 26.4 Å². The minimum atomic E-state index is -2.33. The molecule has 13 heteroatoms. The van der Waals surface area contributed by atoms with Crippen LogP contribution in [0.1, 0.15) is 112 Å². The molecule has 0 unspecified atom stereocenters. The molecule has 318 valence electrons. The Bertz CT molecular complexity index is 1510. The number of ketones is 1. The number of hydrogen-bond acceptors (Lipinski definition) is 10. The fourth-order valence-electron chi connectivity index (χ4n) is 6.57. The van der Waals surface area contributed by atoms with Crippen molar-refractivity contribution in [3.8, 4) is 0 Å². The van der Waals surface area contributed by atoms with E-state index in [9.17, 15) is 19.2 Å². The lowest BCUT2D eigenvalue weighted by Crippen LogP contribution is -2.67. The van der Waals surface area contributed by atoms with E-state index < -0.39 is 67.6 Å². The van der Waals surface area contributed by atoms with Crippen LogP contribution in [0.25, 0.3) is 0 Å². The predicted molar refractivity (Wildman–Crippen MR) is 221 cm³/mol. The van der Waals surface area contributed by atoms with Crippen molar-refractivity contribution in [3.63, 3.8) is 0 Å². The van der Waals surface area contributed by atoms with Crippen molar-refractivity contribution >= 4 is 32.3 Å². The molecule has 1 fully saturated rings. The Labute approximate surface area is 341 Å². The molecule has 4 atom stereocenters. The van der Waals surface area contributed by atoms with Gasteiger partial charge in [0.05, 0.1) is 36.3 Å². The van der Waals surface area contributed by atoms with Crippen LogP contribution >= 0.6 is 0 Å². The molecular formula is C44H68N2O10Si. The van der Waals surface area contributed by atoms with Crippen LogP contribution in [0.15, 0.2) is 60.7 Å². The van der Waals surface area contributed by atoms with E-state index in [4.69, 9.17) is 28.1 Å². The van der Waals surface area contributed by atoms with Crippen LogP contribution in [-0.2, 0) is 50.9 Å². The van der Waals surface area contributed by atoms with E-state index in [2.05, 4.69) is 26.2 Å². The third-order valence-corrected chi connectivity index (χ3v) is 14.4. The molecule has 0 aromatic heterocycles. The predicted octanol–water partition coefficient (Wildman–Crippen LogP) is 9.51. The van der Waals surface area contributed by atoms with Crippen molar-refractivity contribution in [1.82, 2.24) is 10.4 Å². The monoisotopic (exact) mass is 812 g/mol. The Morgan fingerprint density at radius 2 is 1.25 bits per heavy atom. The van der Waals surface area contributed by atoms with Gasteiger partial charge >= 0.3 is 18.2 Å². The molecule has 1 N–H and O–H groups in total. The average Bonchev–Trinajstić information content (AvgIpc) is 3.18. The van der Waals surface area contributed by atoms with Crippen LogP contribution in [0.3, 0.4) is 0 Å². The van der Waals surface area contributed by atoms with Crippen LogP contribution in [0, 0.1) is 11.3 Å². The molecule has 1 heterocycles. The zero-order chi connectivity index (χ0) is 42.1. The summed E-state index contributed by atoms with van der Waals surface area (Å²) in [6.07, 6.45) is 1.84. The number of rotatable bonds is 20. The van der Waals surface area contributed by atoms with Crippen LogP contribution in [0.2, 0.25) is 18.1 Å². The Kier molecular flexibility index (Phi) is 19.2. The van der Waals surface area contributed by atoms with Gasteiger partial charge in [-0.25, -0.2) is 20.0 Å². The first-order valence-electron chi connectivity index (χ1n) is 20.7. The van der Waals surface area contributed by atoms with Gasteiger partial charge in [0.1, 0.15) is 19.3 Å². The number of unbranched alkanes of at least 4 members (excludes halogenated alkanes) is 3. The summed E-state index contributed by atoms with van der Waals surface area (Å²) in [7, 11) is -2.33. The minimum absolute atomic E-state index is 0.0697. The molecule has 12 nitrogen and oxygen atoms in total. The van der Waals surface area contributed by atoms with E-state index in [1.807, 2.05) is 36.4 Å². The van der Waals surface area contributed by atoms with Gasteiger partial charge in [0.25, 0.3) is 0 Å². The highest BCUT2D eigenvalue weighted by atomic mass is 28.4. The van der Waals surface area contributed by atoms with Crippen molar-refractivity contribution in [1.29, 1.82) is 0 Å². The van der Waals surface area contributed by atoms with Gasteiger partial charge < -0.3 is 28.1 Å². The summed E-state index contributed by atoms with van der Waals surface area (Å²) in [5, 5.41) is 0.846. The quantitative estimate of drug-likeness (QED) is 0.0595. The van der Waals surface area contributed by atoms with Crippen molar-refractivity contribution < 1.29 is 47.3 Å². The lowest BCUT2D eigenvalue weighted by molar-refractivity contribution is -0.249. The number of nitrogens with one attached hydrogen (secondary N) is 1. The molecule has 0 radical (unpaired) electrons. The highest BCUT2D eigenvalue weighted by Crippen LogP contribution is 2.35. The smallest absolute Gasteiger partial charge is 0.429 e. The first-order chi connectivity index (χ1) is 27.0. The van der Waals surface area contributed by atoms with Crippen LogP contribution < -0.4 is 5.43 Å². The number of esters is 1. The molecule has 0 spiro atoms. The van der Waals surface area contributed by atoms with Gasteiger partial charge in [-0.2, -0.15) is 0 Å². The maximum atomic E-state index is 14.7. The second-order valence-electron chi connectivity index (χ2n) is 17.0. The van der Waals surface area contributed by atoms with Gasteiger partial charge in [0.2, 0.25) is 12.1 Å². The van der Waals surface area contributed by atoms with E-state index in [0.29, 0.717) is 5.56 Å². The second kappa shape index (κ2) is 23.0. The number of Topliss-reactive ketones (excluding diaryl/α,β-unsaturated/α-hetero) is 1. The lowest BCUT2D eigenvalue weighted by Gasteiger charge is -2.45. The Balaban J connectivity index is 2.13. The number of benzene rings is 2. The fraction of sp³-hybridized carbons (Fsp3) is 0.636. The molecule has 1 aliphatic rings. The summed E-state index contributed by atoms with van der Waals surface area (Å²) < 4.78 is 37.1. The van der Waals surface area contributed by atoms with E-state index in [0.717, 1.165) is 67.2 Å². The van der Waals surface area contributed by atoms with Crippen molar-refractivity contribution in [3.05, 3.63) is 71.8 Å². The van der Waals surface area contributed by atoms with Gasteiger partial charge in [-0.05, 0) is 70.8 Å². The Morgan fingerprint density at radius 3 is 1.72 bits per heavy atom. The molecule has 1 saturated heterocycles. The topological polar surface area (TPSA) is 139 Å². The molecular weight excluding hydrogens is 745 g/mol. The first kappa shape index (κ1) is 47.6. The van der Waals surface area contributed by atoms with Gasteiger partial charge in [0, 0.05) is 0 Å². The summed E-state index contributed by atoms with van der Waals surface area (Å²) in [5.74, 6) is -2.17. The van der Waals surface area contributed by atoms with E-state index >= 15 is 0 Å². The number of hydrogen-bond donors (Lipinski definition) is 1. The number of carbonyl (C=O) groups excluding carboxylic acids is 4. The molecule has 3 rings (SSSR count). The largest absolute Gasteiger partial charge is 0.465 e. The summed E-state index contributed by atoms with van der Waals surface area (Å²) in [5.41, 5.74) is 2.23. The SMILES string of the molecule is CCCC[Si](CCCC)(CCCC)OC[C@H]1O[C@H](OC(C)(C)C)C(=O)[C@@H](N(NC(=O)OCc2ccccc2)C(=O)OCc2ccccc2)[C@@H]1COC(=O)C(C)(C)C. The highest BCUT2D eigenvalue weighted by Gasteiger charge is 2.53. The number of nitrogens with zero attached hydrogens (tertiary/aromatic N) is 1. The van der Waals surface area contributed by atoms with Gasteiger partial charge in [-0.1, -0.05) is 120 Å². The Morgan fingerprint density at radius 1 is 0.737 bits per heavy atom. The number of ether oxygens (including phenoxy) is 5. The molecule has 2 aromatic carbocycles. The average molecular weight is 813 g/mol. The van der Waals surface area contributed by atoms with Crippen molar-refractivity contribution in [2.24, 2.45) is 11.3 Å². The lowest BCUT2D eigenvalue weighted by atomic mass is 9.87. The van der Waals surface area contributed by atoms with E-state index in [1.54, 1.807) is 65.8 Å². The summed E-state index contributed by atoms with van der Waals surface area (Å²) in [6, 6.07) is 19.6. The molecule has 1 aliphatic heterocycles. The molecule has 0 bridgehead atoms. The highest BCUT2D eigenvalue weighted by molar-refractivity contribution is 6.73. The summed E-state index contributed by atoms with van der Waals surface area (Å²) in [6.45, 7) is 16.6. The summed E-state index contributed by atoms with van der Waals surface area (Å²) >= 11 is 0. The minimum Gasteiger partial charge on any atom is -0.465 e. The normalized spacial score (nSPS) is 18.8. The maximum Gasteiger partial charge on any atom is 0.429 e. The van der Waals surface area contributed by atoms with Gasteiger partial charge in [0.15, 0.2) is 8.32 Å². The van der Waals surface area contributed by atoms with Crippen LogP contribution in [0.4, 0.5) is 9.59 Å². The van der Waals surface area contributed by atoms with Crippen molar-refractivity contribution in [2.45, 2.75) is 156 Å². The zero-order valence-corrected chi connectivity index (χ0v) is 36.8. The first-order valence-corrected chi connectivity index (χ1v) is 23.2. The number of hydrazine groups is 1. The molecule has 2 amide bonds. The summed E-state index contributed by atoms with van der Waals surface area (Å²) in [4.78, 5) is 55.8. The van der Waals surface area contributed by atoms with Crippen LogP contribution in [0.5, 0.6) is 0 Å². The molecule has 57 heavy (non-hydrogen) atoms. The molecule has 0 aliphatic carbocycles. The van der Waals surface area contributed by atoms with Crippen molar-refractivity contribution in [2.75, 3.05) is 13.2 Å².